The molecule has 2 rings (SSSR count). The number of rotatable bonds is 8. The molecule has 0 aliphatic rings. The summed E-state index contributed by atoms with van der Waals surface area (Å²) in [5.41, 5.74) is 2.83. The summed E-state index contributed by atoms with van der Waals surface area (Å²) in [6.45, 7) is 11.9. The second-order valence-corrected chi connectivity index (χ2v) is 8.53. The van der Waals surface area contributed by atoms with Crippen molar-refractivity contribution in [2.75, 3.05) is 13.7 Å². The number of methoxy groups -OCH3 is 1. The molecule has 1 N–H and O–H groups in total. The van der Waals surface area contributed by atoms with Gasteiger partial charge in [-0.3, -0.25) is 4.79 Å². The zero-order valence-corrected chi connectivity index (χ0v) is 18.0. The van der Waals surface area contributed by atoms with Crippen LogP contribution in [0.4, 0.5) is 0 Å². The minimum atomic E-state index is -0.0703. The van der Waals surface area contributed by atoms with Crippen LogP contribution in [0, 0.1) is 5.92 Å². The Labute approximate surface area is 169 Å². The van der Waals surface area contributed by atoms with Gasteiger partial charge in [-0.15, -0.1) is 0 Å². The van der Waals surface area contributed by atoms with Crippen LogP contribution in [0.5, 0.6) is 11.5 Å². The maximum absolute atomic E-state index is 12.4. The number of hydrogen-bond acceptors (Lipinski definition) is 3. The van der Waals surface area contributed by atoms with Gasteiger partial charge in [-0.05, 0) is 53.6 Å². The minimum absolute atomic E-state index is 0.0703. The van der Waals surface area contributed by atoms with E-state index in [0.717, 1.165) is 17.7 Å². The lowest BCUT2D eigenvalue weighted by Crippen LogP contribution is -2.25. The van der Waals surface area contributed by atoms with Crippen molar-refractivity contribution in [3.8, 4) is 11.5 Å². The Morgan fingerprint density at radius 1 is 1.07 bits per heavy atom. The fourth-order valence-electron chi connectivity index (χ4n) is 2.82. The van der Waals surface area contributed by atoms with Gasteiger partial charge >= 0.3 is 0 Å². The SMILES string of the molecule is COc1ccc(C(=O)NCCC(C)C)cc1COc1ccc(C(C)(C)C)cc1. The van der Waals surface area contributed by atoms with Crippen LogP contribution in [0.1, 0.15) is 62.5 Å². The molecule has 0 bridgehead atoms. The van der Waals surface area contributed by atoms with Crippen LogP contribution < -0.4 is 14.8 Å². The van der Waals surface area contributed by atoms with Gasteiger partial charge in [-0.1, -0.05) is 46.8 Å². The van der Waals surface area contributed by atoms with Crippen molar-refractivity contribution in [1.82, 2.24) is 5.32 Å². The van der Waals surface area contributed by atoms with E-state index < -0.39 is 0 Å². The lowest BCUT2D eigenvalue weighted by molar-refractivity contribution is 0.0952. The number of carbonyl (C=O) groups is 1. The smallest absolute Gasteiger partial charge is 0.251 e. The quantitative estimate of drug-likeness (QED) is 0.669. The van der Waals surface area contributed by atoms with Crippen LogP contribution >= 0.6 is 0 Å². The number of carbonyl (C=O) groups excluding carboxylic acids is 1. The molecule has 0 spiro atoms. The molecule has 0 aliphatic carbocycles. The van der Waals surface area contributed by atoms with Crippen molar-refractivity contribution in [3.05, 3.63) is 59.2 Å². The molecule has 152 valence electrons. The average molecular weight is 384 g/mol. The first kappa shape index (κ1) is 21.8. The van der Waals surface area contributed by atoms with Crippen LogP contribution in [0.3, 0.4) is 0 Å². The third-order valence-corrected chi connectivity index (χ3v) is 4.66. The van der Waals surface area contributed by atoms with Crippen LogP contribution in [-0.2, 0) is 12.0 Å². The van der Waals surface area contributed by atoms with Crippen molar-refractivity contribution in [1.29, 1.82) is 0 Å². The van der Waals surface area contributed by atoms with Crippen molar-refractivity contribution in [2.24, 2.45) is 5.92 Å². The maximum atomic E-state index is 12.4. The van der Waals surface area contributed by atoms with E-state index in [-0.39, 0.29) is 11.3 Å². The third kappa shape index (κ3) is 6.29. The standard InChI is InChI=1S/C24H33NO3/c1-17(2)13-14-25-23(26)18-7-12-22(27-6)19(15-18)16-28-21-10-8-20(9-11-21)24(3,4)5/h7-12,15,17H,13-14,16H2,1-6H3,(H,25,26). The lowest BCUT2D eigenvalue weighted by atomic mass is 9.87. The predicted octanol–water partition coefficient (Wildman–Crippen LogP) is 5.35. The Morgan fingerprint density at radius 2 is 1.75 bits per heavy atom. The molecular formula is C24H33NO3. The molecule has 1 amide bonds. The highest BCUT2D eigenvalue weighted by molar-refractivity contribution is 5.94. The summed E-state index contributed by atoms with van der Waals surface area (Å²) in [6, 6.07) is 13.6. The zero-order valence-electron chi connectivity index (χ0n) is 18.0. The van der Waals surface area contributed by atoms with Crippen LogP contribution in [0.15, 0.2) is 42.5 Å². The van der Waals surface area contributed by atoms with Gasteiger partial charge in [0.2, 0.25) is 0 Å². The van der Waals surface area contributed by atoms with E-state index in [1.54, 1.807) is 13.2 Å². The van der Waals surface area contributed by atoms with Gasteiger partial charge in [0.15, 0.2) is 0 Å². The fraction of sp³-hybridized carbons (Fsp3) is 0.458. The van der Waals surface area contributed by atoms with Crippen LogP contribution in [0.2, 0.25) is 0 Å². The van der Waals surface area contributed by atoms with Crippen LogP contribution in [-0.4, -0.2) is 19.6 Å². The van der Waals surface area contributed by atoms with Crippen molar-refractivity contribution < 1.29 is 14.3 Å². The van der Waals surface area contributed by atoms with E-state index in [0.29, 0.717) is 30.4 Å². The Bertz CT molecular complexity index is 773. The van der Waals surface area contributed by atoms with E-state index in [4.69, 9.17) is 9.47 Å². The summed E-state index contributed by atoms with van der Waals surface area (Å²) >= 11 is 0. The third-order valence-electron chi connectivity index (χ3n) is 4.66. The summed E-state index contributed by atoms with van der Waals surface area (Å²) in [6.07, 6.45) is 0.961. The number of amides is 1. The van der Waals surface area contributed by atoms with Crippen molar-refractivity contribution in [3.63, 3.8) is 0 Å². The van der Waals surface area contributed by atoms with Gasteiger partial charge < -0.3 is 14.8 Å². The predicted molar refractivity (Wildman–Crippen MR) is 114 cm³/mol. The summed E-state index contributed by atoms with van der Waals surface area (Å²) in [5, 5.41) is 2.97. The molecule has 2 aromatic carbocycles. The second-order valence-electron chi connectivity index (χ2n) is 8.53. The number of hydrogen-bond donors (Lipinski definition) is 1. The summed E-state index contributed by atoms with van der Waals surface area (Å²) < 4.78 is 11.4. The van der Waals surface area contributed by atoms with E-state index in [1.165, 1.54) is 5.56 Å². The molecule has 0 heterocycles. The molecular weight excluding hydrogens is 350 g/mol. The van der Waals surface area contributed by atoms with E-state index >= 15 is 0 Å². The second kappa shape index (κ2) is 9.63. The van der Waals surface area contributed by atoms with E-state index in [9.17, 15) is 4.79 Å². The summed E-state index contributed by atoms with van der Waals surface area (Å²) in [4.78, 5) is 12.4. The maximum Gasteiger partial charge on any atom is 0.251 e. The molecule has 0 saturated heterocycles. The topological polar surface area (TPSA) is 47.6 Å². The number of ether oxygens (including phenoxy) is 2. The van der Waals surface area contributed by atoms with Crippen LogP contribution in [0.25, 0.3) is 0 Å². The first-order chi connectivity index (χ1) is 13.2. The van der Waals surface area contributed by atoms with Crippen molar-refractivity contribution >= 4 is 5.91 Å². The monoisotopic (exact) mass is 383 g/mol. The molecule has 28 heavy (non-hydrogen) atoms. The molecule has 0 atom stereocenters. The molecule has 2 aromatic rings. The van der Waals surface area contributed by atoms with E-state index in [2.05, 4.69) is 52.1 Å². The number of benzene rings is 2. The molecule has 0 radical (unpaired) electrons. The summed E-state index contributed by atoms with van der Waals surface area (Å²) in [7, 11) is 1.62. The first-order valence-electron chi connectivity index (χ1n) is 9.89. The zero-order chi connectivity index (χ0) is 20.7. The Balaban J connectivity index is 2.06. The lowest BCUT2D eigenvalue weighted by Gasteiger charge is -2.19. The molecule has 0 fully saturated rings. The molecule has 4 heteroatoms. The molecule has 0 unspecified atom stereocenters. The largest absolute Gasteiger partial charge is 0.496 e. The van der Waals surface area contributed by atoms with Gasteiger partial charge in [0, 0.05) is 17.7 Å². The molecule has 0 saturated carbocycles. The van der Waals surface area contributed by atoms with Gasteiger partial charge in [0.1, 0.15) is 18.1 Å². The molecule has 0 aliphatic heterocycles. The van der Waals surface area contributed by atoms with Gasteiger partial charge in [0.25, 0.3) is 5.91 Å². The molecule has 0 aromatic heterocycles. The summed E-state index contributed by atoms with van der Waals surface area (Å²) in [5.74, 6) is 2.00. The minimum Gasteiger partial charge on any atom is -0.496 e. The Morgan fingerprint density at radius 3 is 2.32 bits per heavy atom. The Kier molecular flexibility index (Phi) is 7.50. The molecule has 4 nitrogen and oxygen atoms in total. The highest BCUT2D eigenvalue weighted by atomic mass is 16.5. The highest BCUT2D eigenvalue weighted by Gasteiger charge is 2.14. The van der Waals surface area contributed by atoms with Gasteiger partial charge in [0.05, 0.1) is 7.11 Å². The highest BCUT2D eigenvalue weighted by Crippen LogP contribution is 2.26. The Hall–Kier alpha value is -2.49. The first-order valence-corrected chi connectivity index (χ1v) is 9.89. The number of nitrogens with one attached hydrogen (secondary N) is 1. The fourth-order valence-corrected chi connectivity index (χ4v) is 2.82. The normalized spacial score (nSPS) is 11.4. The van der Waals surface area contributed by atoms with E-state index in [1.807, 2.05) is 24.3 Å². The average Bonchev–Trinajstić information content (AvgIpc) is 2.65. The van der Waals surface area contributed by atoms with Gasteiger partial charge in [-0.25, -0.2) is 0 Å². The van der Waals surface area contributed by atoms with Crippen molar-refractivity contribution in [2.45, 2.75) is 53.1 Å². The van der Waals surface area contributed by atoms with Gasteiger partial charge in [-0.2, -0.15) is 0 Å².